The van der Waals surface area contributed by atoms with Crippen LogP contribution in [0.25, 0.3) is 11.5 Å². The summed E-state index contributed by atoms with van der Waals surface area (Å²) in [6.45, 7) is 0. The first kappa shape index (κ1) is 22.4. The van der Waals surface area contributed by atoms with Gasteiger partial charge in [0.15, 0.2) is 5.82 Å². The summed E-state index contributed by atoms with van der Waals surface area (Å²) in [5.41, 5.74) is 6.91. The van der Waals surface area contributed by atoms with Crippen LogP contribution in [0.2, 0.25) is 0 Å². The monoisotopic (exact) mass is 476 g/mol. The number of nitrogen functional groups attached to an aromatic ring is 1. The number of nitrogens with two attached hydrogens (primary N) is 1. The fraction of sp³-hybridized carbons (Fsp3) is 0.391. The maximum absolute atomic E-state index is 14.2. The standard InChI is InChI=1S/C23H21F5N6/c24-22(25)9-8-15(12-22)34(16-10-13-4-1-2-5-14(13)11-16)21-32-19(31-20(29)33-21)17-6-3-7-18(30-17)23(26,27)28/h1-7,15-16H,8-12H2,(H2,29,31,32,33). The molecule has 11 heteroatoms. The lowest BCUT2D eigenvalue weighted by Gasteiger charge is -2.34. The van der Waals surface area contributed by atoms with Gasteiger partial charge in [-0.25, -0.2) is 13.8 Å². The van der Waals surface area contributed by atoms with E-state index in [2.05, 4.69) is 19.9 Å². The molecule has 1 saturated carbocycles. The van der Waals surface area contributed by atoms with E-state index in [0.717, 1.165) is 17.2 Å². The third-order valence-corrected chi connectivity index (χ3v) is 6.33. The summed E-state index contributed by atoms with van der Waals surface area (Å²) in [7, 11) is 0. The number of alkyl halides is 5. The van der Waals surface area contributed by atoms with Crippen LogP contribution in [-0.4, -0.2) is 37.9 Å². The Morgan fingerprint density at radius 3 is 2.21 bits per heavy atom. The Morgan fingerprint density at radius 1 is 0.882 bits per heavy atom. The van der Waals surface area contributed by atoms with E-state index < -0.39 is 23.8 Å². The van der Waals surface area contributed by atoms with Gasteiger partial charge in [-0.05, 0) is 42.5 Å². The molecule has 0 aliphatic heterocycles. The summed E-state index contributed by atoms with van der Waals surface area (Å²) in [5.74, 6) is -3.09. The molecule has 178 valence electrons. The third-order valence-electron chi connectivity index (χ3n) is 6.33. The van der Waals surface area contributed by atoms with Crippen LogP contribution < -0.4 is 10.6 Å². The van der Waals surface area contributed by atoms with Crippen LogP contribution in [-0.2, 0) is 19.0 Å². The molecule has 1 fully saturated rings. The lowest BCUT2D eigenvalue weighted by atomic mass is 10.1. The fourth-order valence-corrected chi connectivity index (χ4v) is 4.85. The molecule has 5 rings (SSSR count). The van der Waals surface area contributed by atoms with E-state index in [4.69, 9.17) is 5.73 Å². The molecule has 0 spiro atoms. The number of benzene rings is 1. The van der Waals surface area contributed by atoms with Crippen molar-refractivity contribution in [2.45, 2.75) is 56.3 Å². The van der Waals surface area contributed by atoms with Crippen molar-refractivity contribution in [2.75, 3.05) is 10.6 Å². The zero-order valence-corrected chi connectivity index (χ0v) is 17.9. The molecule has 2 aliphatic rings. The first-order chi connectivity index (χ1) is 16.1. The van der Waals surface area contributed by atoms with E-state index in [1.165, 1.54) is 12.1 Å². The predicted octanol–water partition coefficient (Wildman–Crippen LogP) is 4.70. The van der Waals surface area contributed by atoms with Gasteiger partial charge in [0.1, 0.15) is 11.4 Å². The minimum absolute atomic E-state index is 0.0715. The summed E-state index contributed by atoms with van der Waals surface area (Å²) in [4.78, 5) is 18.0. The van der Waals surface area contributed by atoms with Gasteiger partial charge in [-0.15, -0.1) is 0 Å². The van der Waals surface area contributed by atoms with Crippen molar-refractivity contribution >= 4 is 11.9 Å². The van der Waals surface area contributed by atoms with Crippen molar-refractivity contribution in [2.24, 2.45) is 0 Å². The average molecular weight is 476 g/mol. The van der Waals surface area contributed by atoms with Crippen LogP contribution in [0.4, 0.5) is 33.8 Å². The fourth-order valence-electron chi connectivity index (χ4n) is 4.85. The average Bonchev–Trinajstić information content (AvgIpc) is 3.36. The van der Waals surface area contributed by atoms with Crippen LogP contribution in [0, 0.1) is 0 Å². The van der Waals surface area contributed by atoms with Gasteiger partial charge in [-0.1, -0.05) is 30.3 Å². The zero-order chi connectivity index (χ0) is 24.1. The Balaban J connectivity index is 1.55. The van der Waals surface area contributed by atoms with Crippen molar-refractivity contribution in [3.63, 3.8) is 0 Å². The van der Waals surface area contributed by atoms with Gasteiger partial charge in [0, 0.05) is 24.9 Å². The molecule has 1 unspecified atom stereocenters. The second-order valence-corrected chi connectivity index (χ2v) is 8.71. The second kappa shape index (κ2) is 8.14. The molecule has 1 aromatic carbocycles. The van der Waals surface area contributed by atoms with E-state index in [9.17, 15) is 22.0 Å². The molecular formula is C23H21F5N6. The number of rotatable bonds is 4. The molecule has 2 aromatic heterocycles. The topological polar surface area (TPSA) is 80.8 Å². The summed E-state index contributed by atoms with van der Waals surface area (Å²) < 4.78 is 67.8. The highest BCUT2D eigenvalue weighted by atomic mass is 19.4. The van der Waals surface area contributed by atoms with Crippen LogP contribution in [0.5, 0.6) is 0 Å². The summed E-state index contributed by atoms with van der Waals surface area (Å²) in [5, 5.41) is 0. The lowest BCUT2D eigenvalue weighted by molar-refractivity contribution is -0.141. The number of halogens is 5. The highest BCUT2D eigenvalue weighted by Crippen LogP contribution is 2.41. The summed E-state index contributed by atoms with van der Waals surface area (Å²) in [6.07, 6.45) is -3.79. The van der Waals surface area contributed by atoms with Gasteiger partial charge in [0.25, 0.3) is 0 Å². The molecule has 0 amide bonds. The number of hydrogen-bond donors (Lipinski definition) is 1. The van der Waals surface area contributed by atoms with Crippen LogP contribution in [0.15, 0.2) is 42.5 Å². The smallest absolute Gasteiger partial charge is 0.368 e. The zero-order valence-electron chi connectivity index (χ0n) is 17.9. The Morgan fingerprint density at radius 2 is 1.59 bits per heavy atom. The van der Waals surface area contributed by atoms with Gasteiger partial charge in [-0.3, -0.25) is 0 Å². The van der Waals surface area contributed by atoms with Crippen molar-refractivity contribution in [3.8, 4) is 11.5 Å². The molecule has 0 saturated heterocycles. The van der Waals surface area contributed by atoms with Crippen molar-refractivity contribution in [1.29, 1.82) is 0 Å². The number of nitrogens with zero attached hydrogens (tertiary/aromatic N) is 5. The highest BCUT2D eigenvalue weighted by Gasteiger charge is 2.45. The van der Waals surface area contributed by atoms with Gasteiger partial charge in [0.2, 0.25) is 17.8 Å². The van der Waals surface area contributed by atoms with E-state index in [1.807, 2.05) is 24.3 Å². The SMILES string of the molecule is Nc1nc(-c2cccc(C(F)(F)F)n2)nc(N(C2Cc3ccccc3C2)C2CCC(F)(F)C2)n1. The molecule has 2 heterocycles. The third kappa shape index (κ3) is 4.38. The van der Waals surface area contributed by atoms with E-state index in [-0.39, 0.29) is 48.7 Å². The molecular weight excluding hydrogens is 455 g/mol. The first-order valence-electron chi connectivity index (χ1n) is 10.9. The number of aromatic nitrogens is 4. The van der Waals surface area contributed by atoms with Gasteiger partial charge < -0.3 is 10.6 Å². The van der Waals surface area contributed by atoms with E-state index in [0.29, 0.717) is 12.8 Å². The number of pyridine rings is 1. The van der Waals surface area contributed by atoms with Gasteiger partial charge >= 0.3 is 6.18 Å². The first-order valence-corrected chi connectivity index (χ1v) is 10.9. The quantitative estimate of drug-likeness (QED) is 0.550. The summed E-state index contributed by atoms with van der Waals surface area (Å²) in [6, 6.07) is 10.5. The number of anilines is 2. The maximum atomic E-state index is 14.2. The Kier molecular flexibility index (Phi) is 5.37. The largest absolute Gasteiger partial charge is 0.433 e. The van der Waals surface area contributed by atoms with Crippen molar-refractivity contribution in [1.82, 2.24) is 19.9 Å². The van der Waals surface area contributed by atoms with Crippen molar-refractivity contribution < 1.29 is 22.0 Å². The lowest BCUT2D eigenvalue weighted by Crippen LogP contribution is -2.45. The molecule has 0 bridgehead atoms. The summed E-state index contributed by atoms with van der Waals surface area (Å²) >= 11 is 0. The molecule has 2 aliphatic carbocycles. The molecule has 34 heavy (non-hydrogen) atoms. The maximum Gasteiger partial charge on any atom is 0.433 e. The second-order valence-electron chi connectivity index (χ2n) is 8.71. The predicted molar refractivity (Wildman–Crippen MR) is 115 cm³/mol. The van der Waals surface area contributed by atoms with Crippen LogP contribution in [0.3, 0.4) is 0 Å². The minimum atomic E-state index is -4.64. The highest BCUT2D eigenvalue weighted by molar-refractivity contribution is 5.55. The molecule has 1 atom stereocenters. The normalized spacial score (nSPS) is 19.9. The van der Waals surface area contributed by atoms with Gasteiger partial charge in [0.05, 0.1) is 0 Å². The Hall–Kier alpha value is -3.37. The number of hydrogen-bond acceptors (Lipinski definition) is 6. The molecule has 2 N–H and O–H groups in total. The minimum Gasteiger partial charge on any atom is -0.368 e. The van der Waals surface area contributed by atoms with Crippen LogP contribution >= 0.6 is 0 Å². The molecule has 3 aromatic rings. The van der Waals surface area contributed by atoms with E-state index in [1.54, 1.807) is 4.90 Å². The number of fused-ring (bicyclic) bond motifs is 1. The van der Waals surface area contributed by atoms with Crippen LogP contribution in [0.1, 0.15) is 36.1 Å². The van der Waals surface area contributed by atoms with E-state index >= 15 is 0 Å². The molecule has 0 radical (unpaired) electrons. The van der Waals surface area contributed by atoms with Crippen molar-refractivity contribution in [3.05, 3.63) is 59.3 Å². The molecule has 6 nitrogen and oxygen atoms in total. The van der Waals surface area contributed by atoms with Gasteiger partial charge in [-0.2, -0.15) is 28.1 Å². The Bertz CT molecular complexity index is 1190. The Labute approximate surface area is 192 Å².